The maximum absolute atomic E-state index is 11.1. The number of rotatable bonds is 5. The molecule has 1 aliphatic heterocycles. The van der Waals surface area contributed by atoms with E-state index in [-0.39, 0.29) is 12.1 Å². The molecular weight excluding hydrogens is 308 g/mol. The Hall–Kier alpha value is -2.67. The van der Waals surface area contributed by atoms with Gasteiger partial charge in [-0.1, -0.05) is 0 Å². The fraction of sp³-hybridized carbons (Fsp3) is 0.353. The summed E-state index contributed by atoms with van der Waals surface area (Å²) in [6.45, 7) is 3.07. The van der Waals surface area contributed by atoms with Crippen molar-refractivity contribution >= 4 is 11.7 Å². The summed E-state index contributed by atoms with van der Waals surface area (Å²) in [6.07, 6.45) is 4.00. The number of nitrogens with zero attached hydrogens (tertiary/aromatic N) is 2. The Kier molecular flexibility index (Phi) is 4.90. The van der Waals surface area contributed by atoms with Crippen molar-refractivity contribution in [1.82, 2.24) is 9.97 Å². The molecule has 1 aliphatic rings. The van der Waals surface area contributed by atoms with Crippen molar-refractivity contribution in [2.75, 3.05) is 18.5 Å². The van der Waals surface area contributed by atoms with Crippen LogP contribution >= 0.6 is 0 Å². The lowest BCUT2D eigenvalue weighted by molar-refractivity contribution is 0.0146. The van der Waals surface area contributed by atoms with Gasteiger partial charge in [0.05, 0.1) is 24.9 Å². The summed E-state index contributed by atoms with van der Waals surface area (Å²) < 4.78 is 11.6. The third-order valence-corrected chi connectivity index (χ3v) is 3.92. The number of ether oxygens (including phenoxy) is 2. The van der Waals surface area contributed by atoms with Gasteiger partial charge in [-0.3, -0.25) is 9.78 Å². The smallest absolute Gasteiger partial charge is 0.248 e. The summed E-state index contributed by atoms with van der Waals surface area (Å²) in [5, 5.41) is 3.35. The van der Waals surface area contributed by atoms with E-state index in [1.807, 2.05) is 6.92 Å². The highest BCUT2D eigenvalue weighted by Crippen LogP contribution is 2.21. The van der Waals surface area contributed by atoms with Crippen LogP contribution in [0.15, 0.2) is 36.7 Å². The number of primary amides is 1. The van der Waals surface area contributed by atoms with E-state index in [1.165, 1.54) is 0 Å². The predicted octanol–water partition coefficient (Wildman–Crippen LogP) is 1.53. The first-order chi connectivity index (χ1) is 11.6. The van der Waals surface area contributed by atoms with Crippen LogP contribution in [-0.2, 0) is 4.74 Å². The Morgan fingerprint density at radius 2 is 2.04 bits per heavy atom. The molecule has 7 nitrogen and oxygen atoms in total. The SMILES string of the molecule is Cc1nccnc1N[C@@H]1COCC[C@H]1Oc1ccc(C(N)=O)cc1. The van der Waals surface area contributed by atoms with Crippen molar-refractivity contribution in [2.45, 2.75) is 25.5 Å². The Labute approximate surface area is 140 Å². The first-order valence-corrected chi connectivity index (χ1v) is 7.82. The maximum Gasteiger partial charge on any atom is 0.248 e. The van der Waals surface area contributed by atoms with Crippen LogP contribution in [0.25, 0.3) is 0 Å². The van der Waals surface area contributed by atoms with Crippen molar-refractivity contribution < 1.29 is 14.3 Å². The normalized spacial score (nSPS) is 20.4. The minimum Gasteiger partial charge on any atom is -0.488 e. The van der Waals surface area contributed by atoms with Gasteiger partial charge < -0.3 is 20.5 Å². The van der Waals surface area contributed by atoms with E-state index in [0.29, 0.717) is 24.5 Å². The van der Waals surface area contributed by atoms with Crippen molar-refractivity contribution in [2.24, 2.45) is 5.73 Å². The summed E-state index contributed by atoms with van der Waals surface area (Å²) in [7, 11) is 0. The molecule has 1 amide bonds. The van der Waals surface area contributed by atoms with E-state index >= 15 is 0 Å². The Morgan fingerprint density at radius 1 is 1.29 bits per heavy atom. The monoisotopic (exact) mass is 328 g/mol. The summed E-state index contributed by atoms with van der Waals surface area (Å²) in [6, 6.07) is 6.78. The first-order valence-electron chi connectivity index (χ1n) is 7.82. The van der Waals surface area contributed by atoms with Gasteiger partial charge in [0.25, 0.3) is 0 Å². The molecule has 1 aromatic heterocycles. The van der Waals surface area contributed by atoms with Crippen LogP contribution in [0.1, 0.15) is 22.5 Å². The molecule has 1 fully saturated rings. The second-order valence-electron chi connectivity index (χ2n) is 5.65. The van der Waals surface area contributed by atoms with Gasteiger partial charge in [-0.05, 0) is 31.2 Å². The first kappa shape index (κ1) is 16.2. The van der Waals surface area contributed by atoms with Crippen molar-refractivity contribution in [3.8, 4) is 5.75 Å². The summed E-state index contributed by atoms with van der Waals surface area (Å²) >= 11 is 0. The molecule has 3 rings (SSSR count). The standard InChI is InChI=1S/C17H20N4O3/c1-11-17(20-8-7-19-11)21-14-10-23-9-6-15(14)24-13-4-2-12(3-5-13)16(18)22/h2-5,7-8,14-15H,6,9-10H2,1H3,(H2,18,22)(H,20,21)/t14-,15-/m1/s1. The van der Waals surface area contributed by atoms with Crippen molar-refractivity contribution in [1.29, 1.82) is 0 Å². The molecule has 0 spiro atoms. The molecule has 7 heteroatoms. The van der Waals surface area contributed by atoms with Gasteiger partial charge in [0, 0.05) is 24.4 Å². The third-order valence-electron chi connectivity index (χ3n) is 3.92. The van der Waals surface area contributed by atoms with Crippen LogP contribution < -0.4 is 15.8 Å². The molecular formula is C17H20N4O3. The molecule has 3 N–H and O–H groups in total. The average Bonchev–Trinajstić information content (AvgIpc) is 2.59. The van der Waals surface area contributed by atoms with Crippen LogP contribution in [0.2, 0.25) is 0 Å². The largest absolute Gasteiger partial charge is 0.488 e. The number of carbonyl (C=O) groups is 1. The minimum atomic E-state index is -0.453. The fourth-order valence-electron chi connectivity index (χ4n) is 2.59. The molecule has 24 heavy (non-hydrogen) atoms. The van der Waals surface area contributed by atoms with E-state index in [1.54, 1.807) is 36.7 Å². The predicted molar refractivity (Wildman–Crippen MR) is 89.0 cm³/mol. The molecule has 126 valence electrons. The molecule has 0 radical (unpaired) electrons. The molecule has 0 saturated carbocycles. The number of benzene rings is 1. The second kappa shape index (κ2) is 7.27. The quantitative estimate of drug-likeness (QED) is 0.863. The molecule has 1 aromatic carbocycles. The molecule has 2 aromatic rings. The zero-order valence-electron chi connectivity index (χ0n) is 13.4. The molecule has 2 atom stereocenters. The number of aryl methyl sites for hydroxylation is 1. The zero-order valence-corrected chi connectivity index (χ0v) is 13.4. The molecule has 0 unspecified atom stereocenters. The fourth-order valence-corrected chi connectivity index (χ4v) is 2.59. The number of hydrogen-bond donors (Lipinski definition) is 2. The van der Waals surface area contributed by atoms with Crippen LogP contribution in [0, 0.1) is 6.92 Å². The van der Waals surface area contributed by atoms with Crippen molar-refractivity contribution in [3.05, 3.63) is 47.9 Å². The highest BCUT2D eigenvalue weighted by Gasteiger charge is 2.28. The van der Waals surface area contributed by atoms with E-state index < -0.39 is 5.91 Å². The van der Waals surface area contributed by atoms with Gasteiger partial charge in [0.1, 0.15) is 17.7 Å². The number of carbonyl (C=O) groups excluding carboxylic acids is 1. The number of aromatic nitrogens is 2. The van der Waals surface area contributed by atoms with Gasteiger partial charge >= 0.3 is 0 Å². The summed E-state index contributed by atoms with van der Waals surface area (Å²) in [5.74, 6) is 0.963. The number of anilines is 1. The molecule has 0 aliphatic carbocycles. The van der Waals surface area contributed by atoms with Crippen LogP contribution in [0.3, 0.4) is 0 Å². The number of hydrogen-bond acceptors (Lipinski definition) is 6. The van der Waals surface area contributed by atoms with Gasteiger partial charge in [-0.2, -0.15) is 0 Å². The summed E-state index contributed by atoms with van der Waals surface area (Å²) in [4.78, 5) is 19.7. The molecule has 0 bridgehead atoms. The zero-order chi connectivity index (χ0) is 16.9. The summed E-state index contributed by atoms with van der Waals surface area (Å²) in [5.41, 5.74) is 6.54. The minimum absolute atomic E-state index is 0.0371. The van der Waals surface area contributed by atoms with E-state index in [9.17, 15) is 4.79 Å². The lowest BCUT2D eigenvalue weighted by Gasteiger charge is -2.33. The van der Waals surface area contributed by atoms with Crippen LogP contribution in [0.4, 0.5) is 5.82 Å². The molecule has 2 heterocycles. The van der Waals surface area contributed by atoms with Gasteiger partial charge in [-0.25, -0.2) is 4.98 Å². The third kappa shape index (κ3) is 3.80. The van der Waals surface area contributed by atoms with Crippen LogP contribution in [0.5, 0.6) is 5.75 Å². The van der Waals surface area contributed by atoms with Gasteiger partial charge in [0.15, 0.2) is 0 Å². The average molecular weight is 328 g/mol. The lowest BCUT2D eigenvalue weighted by atomic mass is 10.1. The van der Waals surface area contributed by atoms with E-state index in [4.69, 9.17) is 15.2 Å². The van der Waals surface area contributed by atoms with E-state index in [0.717, 1.165) is 17.9 Å². The Bertz CT molecular complexity index is 705. The number of nitrogens with one attached hydrogen (secondary N) is 1. The van der Waals surface area contributed by atoms with Crippen molar-refractivity contribution in [3.63, 3.8) is 0 Å². The number of nitrogens with two attached hydrogens (primary N) is 1. The Balaban J connectivity index is 1.70. The Morgan fingerprint density at radius 3 is 2.75 bits per heavy atom. The highest BCUT2D eigenvalue weighted by molar-refractivity contribution is 5.92. The number of amides is 1. The maximum atomic E-state index is 11.1. The lowest BCUT2D eigenvalue weighted by Crippen LogP contribution is -2.46. The highest BCUT2D eigenvalue weighted by atomic mass is 16.5. The second-order valence-corrected chi connectivity index (χ2v) is 5.65. The van der Waals surface area contributed by atoms with E-state index in [2.05, 4.69) is 15.3 Å². The molecule has 1 saturated heterocycles. The topological polar surface area (TPSA) is 99.4 Å². The van der Waals surface area contributed by atoms with Gasteiger partial charge in [-0.15, -0.1) is 0 Å². The van der Waals surface area contributed by atoms with Gasteiger partial charge in [0.2, 0.25) is 5.91 Å². The van der Waals surface area contributed by atoms with Crippen LogP contribution in [-0.4, -0.2) is 41.2 Å².